The molecule has 0 aromatic heterocycles. The van der Waals surface area contributed by atoms with Gasteiger partial charge in [0.25, 0.3) is 5.91 Å². The number of likely N-dealkylation sites (tertiary alicyclic amines) is 1. The highest BCUT2D eigenvalue weighted by atomic mass is 16.5. The number of benzene rings is 1. The van der Waals surface area contributed by atoms with Crippen LogP contribution in [0.3, 0.4) is 0 Å². The molecule has 1 N–H and O–H groups in total. The lowest BCUT2D eigenvalue weighted by Crippen LogP contribution is -2.48. The summed E-state index contributed by atoms with van der Waals surface area (Å²) in [6.07, 6.45) is 2.88. The first-order valence-electron chi connectivity index (χ1n) is 7.33. The van der Waals surface area contributed by atoms with Gasteiger partial charge in [-0.1, -0.05) is 24.8 Å². The molecule has 1 aliphatic heterocycles. The molecule has 118 valence electrons. The molecule has 1 saturated heterocycles. The first kappa shape index (κ1) is 16.1. The van der Waals surface area contributed by atoms with Gasteiger partial charge in [-0.05, 0) is 31.9 Å². The van der Waals surface area contributed by atoms with Crippen molar-refractivity contribution in [1.82, 2.24) is 4.90 Å². The maximum Gasteiger partial charge on any atom is 0.311 e. The second-order valence-electron chi connectivity index (χ2n) is 5.79. The van der Waals surface area contributed by atoms with Gasteiger partial charge in [0.15, 0.2) is 0 Å². The normalized spacial score (nSPS) is 21.2. The van der Waals surface area contributed by atoms with Crippen LogP contribution >= 0.6 is 0 Å². The van der Waals surface area contributed by atoms with Crippen molar-refractivity contribution in [3.8, 4) is 5.75 Å². The Labute approximate surface area is 130 Å². The Bertz CT molecular complexity index is 584. The molecule has 2 rings (SSSR count). The maximum atomic E-state index is 12.7. The largest absolute Gasteiger partial charge is 0.489 e. The van der Waals surface area contributed by atoms with Gasteiger partial charge >= 0.3 is 5.97 Å². The lowest BCUT2D eigenvalue weighted by atomic mass is 9.82. The molecule has 0 aliphatic carbocycles. The van der Waals surface area contributed by atoms with Crippen molar-refractivity contribution < 1.29 is 19.4 Å². The summed E-state index contributed by atoms with van der Waals surface area (Å²) in [4.78, 5) is 25.7. The maximum absolute atomic E-state index is 12.7. The van der Waals surface area contributed by atoms with Crippen molar-refractivity contribution in [2.45, 2.75) is 19.8 Å². The average Bonchev–Trinajstić information content (AvgIpc) is 2.52. The fourth-order valence-electron chi connectivity index (χ4n) is 2.68. The van der Waals surface area contributed by atoms with E-state index in [0.717, 1.165) is 0 Å². The van der Waals surface area contributed by atoms with Crippen LogP contribution in [0.5, 0.6) is 5.75 Å². The summed E-state index contributed by atoms with van der Waals surface area (Å²) in [6, 6.07) is 7.01. The highest BCUT2D eigenvalue weighted by molar-refractivity contribution is 5.97. The Kier molecular flexibility index (Phi) is 4.85. The first-order chi connectivity index (χ1) is 10.5. The zero-order valence-corrected chi connectivity index (χ0v) is 12.7. The van der Waals surface area contributed by atoms with Gasteiger partial charge in [0.2, 0.25) is 0 Å². The number of hydrogen-bond donors (Lipinski definition) is 1. The summed E-state index contributed by atoms with van der Waals surface area (Å²) in [6.45, 7) is 6.39. The molecule has 22 heavy (non-hydrogen) atoms. The summed E-state index contributed by atoms with van der Waals surface area (Å²) in [5.41, 5.74) is -0.427. The molecule has 5 nitrogen and oxygen atoms in total. The molecule has 1 heterocycles. The van der Waals surface area contributed by atoms with Crippen LogP contribution in [0.2, 0.25) is 0 Å². The van der Waals surface area contributed by atoms with Crippen LogP contribution < -0.4 is 4.74 Å². The van der Waals surface area contributed by atoms with Crippen molar-refractivity contribution in [3.63, 3.8) is 0 Å². The number of rotatable bonds is 5. The van der Waals surface area contributed by atoms with Crippen molar-refractivity contribution in [2.24, 2.45) is 5.41 Å². The number of ether oxygens (including phenoxy) is 1. The standard InChI is InChI=1S/C17H21NO4/c1-3-11-22-14-8-5-4-7-13(14)15(19)18-10-6-9-17(2,12-18)16(20)21/h3-5,7-8H,1,6,9-12H2,2H3,(H,20,21). The topological polar surface area (TPSA) is 66.8 Å². The fraction of sp³-hybridized carbons (Fsp3) is 0.412. The summed E-state index contributed by atoms with van der Waals surface area (Å²) in [7, 11) is 0. The van der Waals surface area contributed by atoms with E-state index < -0.39 is 11.4 Å². The van der Waals surface area contributed by atoms with E-state index in [0.29, 0.717) is 37.3 Å². The Morgan fingerprint density at radius 2 is 2.18 bits per heavy atom. The number of carbonyl (C=O) groups is 2. The summed E-state index contributed by atoms with van der Waals surface area (Å²) in [5, 5.41) is 9.36. The monoisotopic (exact) mass is 303 g/mol. The molecule has 1 aliphatic rings. The molecular formula is C17H21NO4. The Hall–Kier alpha value is -2.30. The van der Waals surface area contributed by atoms with E-state index in [1.165, 1.54) is 0 Å². The van der Waals surface area contributed by atoms with E-state index in [-0.39, 0.29) is 12.5 Å². The molecule has 1 atom stereocenters. The molecule has 5 heteroatoms. The van der Waals surface area contributed by atoms with Gasteiger partial charge in [-0.25, -0.2) is 0 Å². The van der Waals surface area contributed by atoms with Crippen molar-refractivity contribution >= 4 is 11.9 Å². The smallest absolute Gasteiger partial charge is 0.311 e. The van der Waals surface area contributed by atoms with Crippen LogP contribution in [0, 0.1) is 5.41 Å². The highest BCUT2D eigenvalue weighted by Crippen LogP contribution is 2.31. The minimum Gasteiger partial charge on any atom is -0.489 e. The Morgan fingerprint density at radius 3 is 2.86 bits per heavy atom. The quantitative estimate of drug-likeness (QED) is 0.849. The summed E-state index contributed by atoms with van der Waals surface area (Å²) < 4.78 is 5.52. The molecule has 1 fully saturated rings. The minimum absolute atomic E-state index is 0.188. The number of hydrogen-bond acceptors (Lipinski definition) is 3. The first-order valence-corrected chi connectivity index (χ1v) is 7.33. The van der Waals surface area contributed by atoms with Crippen LogP contribution in [0.15, 0.2) is 36.9 Å². The van der Waals surface area contributed by atoms with E-state index in [1.54, 1.807) is 42.2 Å². The molecule has 0 bridgehead atoms. The third kappa shape index (κ3) is 3.30. The molecular weight excluding hydrogens is 282 g/mol. The minimum atomic E-state index is -0.884. The third-order valence-corrected chi connectivity index (χ3v) is 3.97. The van der Waals surface area contributed by atoms with Crippen LogP contribution in [0.4, 0.5) is 0 Å². The SMILES string of the molecule is C=CCOc1ccccc1C(=O)N1CCCC(C)(C(=O)O)C1. The van der Waals surface area contributed by atoms with Gasteiger partial charge in [0, 0.05) is 13.1 Å². The predicted molar refractivity (Wildman–Crippen MR) is 83.0 cm³/mol. The third-order valence-electron chi connectivity index (χ3n) is 3.97. The van der Waals surface area contributed by atoms with Crippen molar-refractivity contribution in [1.29, 1.82) is 0 Å². The Morgan fingerprint density at radius 1 is 1.45 bits per heavy atom. The van der Waals surface area contributed by atoms with E-state index in [4.69, 9.17) is 4.74 Å². The van der Waals surface area contributed by atoms with E-state index >= 15 is 0 Å². The second kappa shape index (κ2) is 6.64. The number of amides is 1. The van der Waals surface area contributed by atoms with E-state index in [2.05, 4.69) is 6.58 Å². The highest BCUT2D eigenvalue weighted by Gasteiger charge is 2.39. The van der Waals surface area contributed by atoms with Crippen LogP contribution in [-0.4, -0.2) is 41.6 Å². The van der Waals surface area contributed by atoms with Gasteiger partial charge in [0.05, 0.1) is 11.0 Å². The number of piperidine rings is 1. The molecule has 1 aromatic rings. The van der Waals surface area contributed by atoms with Crippen LogP contribution in [-0.2, 0) is 4.79 Å². The van der Waals surface area contributed by atoms with Gasteiger partial charge in [-0.15, -0.1) is 0 Å². The van der Waals surface area contributed by atoms with Crippen LogP contribution in [0.1, 0.15) is 30.1 Å². The average molecular weight is 303 g/mol. The fourth-order valence-corrected chi connectivity index (χ4v) is 2.68. The lowest BCUT2D eigenvalue weighted by molar-refractivity contribution is -0.150. The molecule has 1 amide bonds. The van der Waals surface area contributed by atoms with E-state index in [9.17, 15) is 14.7 Å². The summed E-state index contributed by atoms with van der Waals surface area (Å²) >= 11 is 0. The molecule has 0 saturated carbocycles. The van der Waals surface area contributed by atoms with Crippen LogP contribution in [0.25, 0.3) is 0 Å². The van der Waals surface area contributed by atoms with Crippen molar-refractivity contribution in [3.05, 3.63) is 42.5 Å². The number of carboxylic acid groups (broad SMARTS) is 1. The number of carboxylic acids is 1. The zero-order valence-electron chi connectivity index (χ0n) is 12.7. The van der Waals surface area contributed by atoms with Crippen molar-refractivity contribution in [2.75, 3.05) is 19.7 Å². The molecule has 1 unspecified atom stereocenters. The summed E-state index contributed by atoms with van der Waals surface area (Å²) in [5.74, 6) is -0.553. The van der Waals surface area contributed by atoms with Gasteiger partial charge in [0.1, 0.15) is 12.4 Å². The van der Waals surface area contributed by atoms with Gasteiger partial charge in [-0.3, -0.25) is 9.59 Å². The van der Waals surface area contributed by atoms with Gasteiger partial charge < -0.3 is 14.7 Å². The molecule has 0 spiro atoms. The van der Waals surface area contributed by atoms with E-state index in [1.807, 2.05) is 0 Å². The second-order valence-corrected chi connectivity index (χ2v) is 5.79. The molecule has 0 radical (unpaired) electrons. The van der Waals surface area contributed by atoms with Gasteiger partial charge in [-0.2, -0.15) is 0 Å². The number of para-hydroxylation sites is 1. The lowest BCUT2D eigenvalue weighted by Gasteiger charge is -2.37. The number of nitrogens with zero attached hydrogens (tertiary/aromatic N) is 1. The molecule has 1 aromatic carbocycles. The predicted octanol–water partition coefficient (Wildman–Crippen LogP) is 2.58. The number of carbonyl (C=O) groups excluding carboxylic acids is 1. The Balaban J connectivity index is 2.21. The zero-order chi connectivity index (χ0) is 16.2. The number of aliphatic carboxylic acids is 1.